The fourth-order valence-electron chi connectivity index (χ4n) is 2.65. The molecule has 0 aromatic heterocycles. The summed E-state index contributed by atoms with van der Waals surface area (Å²) in [7, 11) is 0. The van der Waals surface area contributed by atoms with Gasteiger partial charge in [0, 0.05) is 0 Å². The van der Waals surface area contributed by atoms with Gasteiger partial charge in [-0.05, 0) is 41.5 Å². The van der Waals surface area contributed by atoms with Crippen molar-refractivity contribution in [1.29, 1.82) is 0 Å². The van der Waals surface area contributed by atoms with Gasteiger partial charge in [-0.15, -0.1) is 0 Å². The van der Waals surface area contributed by atoms with Crippen molar-refractivity contribution in [3.05, 3.63) is 78.4 Å². The zero-order chi connectivity index (χ0) is 16.8. The van der Waals surface area contributed by atoms with E-state index in [0.717, 1.165) is 11.3 Å². The molecule has 0 saturated carbocycles. The molecule has 1 atom stereocenters. The third-order valence-electron chi connectivity index (χ3n) is 3.99. The van der Waals surface area contributed by atoms with Crippen LogP contribution < -0.4 is 10.1 Å². The second-order valence-corrected chi connectivity index (χ2v) is 5.81. The first-order valence-corrected chi connectivity index (χ1v) is 8.18. The first kappa shape index (κ1) is 16.1. The minimum atomic E-state index is -0.0289. The molecule has 1 N–H and O–H groups in total. The van der Waals surface area contributed by atoms with E-state index in [9.17, 15) is 4.79 Å². The summed E-state index contributed by atoms with van der Waals surface area (Å²) in [5.74, 6) is 0.777. The number of hydrogen-bond donors (Lipinski definition) is 1. The molecule has 3 aromatic carbocycles. The number of benzene rings is 3. The predicted molar refractivity (Wildman–Crippen MR) is 97.1 cm³/mol. The molecule has 0 heterocycles. The Labute approximate surface area is 142 Å². The number of amides is 1. The smallest absolute Gasteiger partial charge is 0.223 e. The quantitative estimate of drug-likeness (QED) is 0.727. The molecule has 24 heavy (non-hydrogen) atoms. The highest BCUT2D eigenvalue weighted by molar-refractivity contribution is 5.83. The summed E-state index contributed by atoms with van der Waals surface area (Å²) in [5, 5.41) is 5.42. The van der Waals surface area contributed by atoms with Crippen molar-refractivity contribution < 1.29 is 9.53 Å². The van der Waals surface area contributed by atoms with Crippen LogP contribution in [0, 0.1) is 0 Å². The topological polar surface area (TPSA) is 38.3 Å². The standard InChI is InChI=1S/C21H21NO2/c1-16(18-12-11-17-7-5-6-8-19(17)15-18)22-21(23)13-14-24-20-9-3-2-4-10-20/h2-12,15-16H,13-14H2,1H3,(H,22,23). The second-order valence-electron chi connectivity index (χ2n) is 5.81. The Morgan fingerprint density at radius 2 is 1.67 bits per heavy atom. The summed E-state index contributed by atoms with van der Waals surface area (Å²) in [6, 6.07) is 24.0. The van der Waals surface area contributed by atoms with E-state index < -0.39 is 0 Å². The third kappa shape index (κ3) is 4.13. The highest BCUT2D eigenvalue weighted by atomic mass is 16.5. The zero-order valence-electron chi connectivity index (χ0n) is 13.7. The van der Waals surface area contributed by atoms with Gasteiger partial charge in [-0.1, -0.05) is 54.6 Å². The molecule has 0 aliphatic carbocycles. The number of rotatable bonds is 6. The first-order valence-electron chi connectivity index (χ1n) is 8.18. The van der Waals surface area contributed by atoms with Crippen LogP contribution in [-0.4, -0.2) is 12.5 Å². The van der Waals surface area contributed by atoms with E-state index in [1.54, 1.807) is 0 Å². The van der Waals surface area contributed by atoms with E-state index in [2.05, 4.69) is 35.6 Å². The molecule has 3 nitrogen and oxygen atoms in total. The Bertz CT molecular complexity index is 814. The SMILES string of the molecule is CC(NC(=O)CCOc1ccccc1)c1ccc2ccccc2c1. The zero-order valence-corrected chi connectivity index (χ0v) is 13.7. The molecule has 1 unspecified atom stereocenters. The Hall–Kier alpha value is -2.81. The van der Waals surface area contributed by atoms with Crippen LogP contribution in [0.25, 0.3) is 10.8 Å². The van der Waals surface area contributed by atoms with Gasteiger partial charge < -0.3 is 10.1 Å². The van der Waals surface area contributed by atoms with Crippen LogP contribution in [0.1, 0.15) is 24.9 Å². The van der Waals surface area contributed by atoms with E-state index in [-0.39, 0.29) is 11.9 Å². The van der Waals surface area contributed by atoms with Crippen molar-refractivity contribution in [2.24, 2.45) is 0 Å². The van der Waals surface area contributed by atoms with Crippen molar-refractivity contribution in [3.63, 3.8) is 0 Å². The third-order valence-corrected chi connectivity index (χ3v) is 3.99. The first-order chi connectivity index (χ1) is 11.7. The van der Waals surface area contributed by atoms with Crippen LogP contribution in [-0.2, 0) is 4.79 Å². The average Bonchev–Trinajstić information content (AvgIpc) is 2.62. The lowest BCUT2D eigenvalue weighted by molar-refractivity contribution is -0.122. The van der Waals surface area contributed by atoms with Gasteiger partial charge in [0.15, 0.2) is 0 Å². The van der Waals surface area contributed by atoms with Gasteiger partial charge in [-0.25, -0.2) is 0 Å². The molecule has 0 aliphatic heterocycles. The van der Waals surface area contributed by atoms with E-state index in [4.69, 9.17) is 4.74 Å². The van der Waals surface area contributed by atoms with Crippen molar-refractivity contribution >= 4 is 16.7 Å². The van der Waals surface area contributed by atoms with Gasteiger partial charge in [0.1, 0.15) is 5.75 Å². The maximum absolute atomic E-state index is 12.1. The molecule has 0 saturated heterocycles. The minimum Gasteiger partial charge on any atom is -0.493 e. The summed E-state index contributed by atoms with van der Waals surface area (Å²) in [6.45, 7) is 2.38. The highest BCUT2D eigenvalue weighted by Gasteiger charge is 2.10. The minimum absolute atomic E-state index is 0.00779. The fourth-order valence-corrected chi connectivity index (χ4v) is 2.65. The summed E-state index contributed by atoms with van der Waals surface area (Å²) in [4.78, 5) is 12.1. The van der Waals surface area contributed by atoms with Crippen LogP contribution >= 0.6 is 0 Å². The number of para-hydroxylation sites is 1. The summed E-state index contributed by atoms with van der Waals surface area (Å²) in [5.41, 5.74) is 1.10. The fraction of sp³-hybridized carbons (Fsp3) is 0.190. The van der Waals surface area contributed by atoms with Crippen molar-refractivity contribution in [2.75, 3.05) is 6.61 Å². The molecular formula is C21H21NO2. The number of ether oxygens (including phenoxy) is 1. The molecule has 3 rings (SSSR count). The van der Waals surface area contributed by atoms with Crippen molar-refractivity contribution in [3.8, 4) is 5.75 Å². The van der Waals surface area contributed by atoms with Crippen LogP contribution in [0.2, 0.25) is 0 Å². The molecule has 0 spiro atoms. The lowest BCUT2D eigenvalue weighted by atomic mass is 10.0. The average molecular weight is 319 g/mol. The van der Waals surface area contributed by atoms with Crippen LogP contribution in [0.5, 0.6) is 5.75 Å². The second kappa shape index (κ2) is 7.64. The Morgan fingerprint density at radius 3 is 2.46 bits per heavy atom. The Kier molecular flexibility index (Phi) is 5.12. The van der Waals surface area contributed by atoms with Gasteiger partial charge in [-0.2, -0.15) is 0 Å². The molecule has 3 heteroatoms. The predicted octanol–water partition coefficient (Wildman–Crippen LogP) is 4.49. The lowest BCUT2D eigenvalue weighted by Crippen LogP contribution is -2.27. The molecular weight excluding hydrogens is 298 g/mol. The maximum atomic E-state index is 12.1. The van der Waals surface area contributed by atoms with Gasteiger partial charge in [-0.3, -0.25) is 4.79 Å². The van der Waals surface area contributed by atoms with Crippen LogP contribution in [0.3, 0.4) is 0 Å². The normalized spacial score (nSPS) is 11.9. The molecule has 0 fully saturated rings. The van der Waals surface area contributed by atoms with Gasteiger partial charge in [0.25, 0.3) is 0 Å². The monoisotopic (exact) mass is 319 g/mol. The van der Waals surface area contributed by atoms with E-state index in [1.807, 2.05) is 49.4 Å². The van der Waals surface area contributed by atoms with E-state index in [0.29, 0.717) is 13.0 Å². The summed E-state index contributed by atoms with van der Waals surface area (Å²) >= 11 is 0. The Balaban J connectivity index is 1.53. The number of carbonyl (C=O) groups is 1. The molecule has 0 aliphatic rings. The summed E-state index contributed by atoms with van der Waals surface area (Å²) in [6.07, 6.45) is 0.340. The van der Waals surface area contributed by atoms with Crippen molar-refractivity contribution in [1.82, 2.24) is 5.32 Å². The van der Waals surface area contributed by atoms with Gasteiger partial charge in [0.2, 0.25) is 5.91 Å². The number of hydrogen-bond acceptors (Lipinski definition) is 2. The molecule has 122 valence electrons. The van der Waals surface area contributed by atoms with E-state index >= 15 is 0 Å². The lowest BCUT2D eigenvalue weighted by Gasteiger charge is -2.15. The van der Waals surface area contributed by atoms with Gasteiger partial charge in [0.05, 0.1) is 19.1 Å². The number of nitrogens with one attached hydrogen (secondary N) is 1. The highest BCUT2D eigenvalue weighted by Crippen LogP contribution is 2.20. The maximum Gasteiger partial charge on any atom is 0.223 e. The number of carbonyl (C=O) groups excluding carboxylic acids is 1. The molecule has 0 bridgehead atoms. The largest absolute Gasteiger partial charge is 0.493 e. The van der Waals surface area contributed by atoms with E-state index in [1.165, 1.54) is 10.8 Å². The van der Waals surface area contributed by atoms with Gasteiger partial charge >= 0.3 is 0 Å². The molecule has 1 amide bonds. The molecule has 3 aromatic rings. The molecule has 0 radical (unpaired) electrons. The van der Waals surface area contributed by atoms with Crippen molar-refractivity contribution in [2.45, 2.75) is 19.4 Å². The van der Waals surface area contributed by atoms with Crippen LogP contribution in [0.15, 0.2) is 72.8 Å². The number of fused-ring (bicyclic) bond motifs is 1. The Morgan fingerprint density at radius 1 is 0.958 bits per heavy atom. The van der Waals surface area contributed by atoms with Crippen LogP contribution in [0.4, 0.5) is 0 Å². The summed E-state index contributed by atoms with van der Waals surface area (Å²) < 4.78 is 5.56.